The van der Waals surface area contributed by atoms with Crippen molar-refractivity contribution < 1.29 is 0 Å². The van der Waals surface area contributed by atoms with E-state index in [1.807, 2.05) is 164 Å². The van der Waals surface area contributed by atoms with Crippen LogP contribution < -0.4 is 4.90 Å². The van der Waals surface area contributed by atoms with Crippen molar-refractivity contribution in [1.29, 1.82) is 31.6 Å². The predicted octanol–water partition coefficient (Wildman–Crippen LogP) is 12.5. The Balaban J connectivity index is 0.987. The normalized spacial score (nSPS) is 9.86. The second kappa shape index (κ2) is 20.4. The Kier molecular flexibility index (Phi) is 13.1. The van der Waals surface area contributed by atoms with E-state index in [9.17, 15) is 0 Å². The number of aromatic nitrogens is 3. The standard InChI is InChI=1S/C57H24N10S3/c58-31-43(32-59)25-40-7-19-49-52(28-40)68-55(64-49)22-10-37-1-13-46(14-2-37)67(47-15-3-38(4-16-47)11-23-56-65-50-20-8-41(29-53(50)69-56)26-44(33-60)34-61)48-17-5-39(6-18-48)12-24-57-66-51-21-9-42(30-54(51)70-57)27-45(35-62)36-63/h1-9,13-21,25-30H. The Morgan fingerprint density at radius 1 is 0.357 bits per heavy atom. The summed E-state index contributed by atoms with van der Waals surface area (Å²) < 4.78 is 2.70. The molecular formula is C57H24N10S3. The first-order valence-corrected chi connectivity index (χ1v) is 23.2. The molecule has 70 heavy (non-hydrogen) atoms. The van der Waals surface area contributed by atoms with Crippen molar-refractivity contribution in [3.63, 3.8) is 0 Å². The van der Waals surface area contributed by atoms with Gasteiger partial charge in [-0.25, -0.2) is 15.0 Å². The van der Waals surface area contributed by atoms with Gasteiger partial charge in [-0.2, -0.15) is 31.6 Å². The zero-order chi connectivity index (χ0) is 48.4. The molecule has 10 nitrogen and oxygen atoms in total. The average molecular weight is 945 g/mol. The zero-order valence-corrected chi connectivity index (χ0v) is 38.5. The molecule has 0 radical (unpaired) electrons. The third kappa shape index (κ3) is 10.3. The van der Waals surface area contributed by atoms with E-state index in [4.69, 9.17) is 31.6 Å². The van der Waals surface area contributed by atoms with Gasteiger partial charge < -0.3 is 4.90 Å². The second-order valence-corrected chi connectivity index (χ2v) is 17.9. The molecule has 0 aliphatic rings. The number of nitriles is 6. The van der Waals surface area contributed by atoms with Crippen LogP contribution in [0.1, 0.15) is 48.4 Å². The highest BCUT2D eigenvalue weighted by Gasteiger charge is 2.13. The minimum atomic E-state index is 0.0277. The minimum Gasteiger partial charge on any atom is -0.311 e. The topological polar surface area (TPSA) is 185 Å². The SMILES string of the molecule is N#CC(C#N)=Cc1ccc2nc(C#Cc3ccc(N(c4ccc(C#Cc5nc6ccc(C=C(C#N)C#N)cc6s5)cc4)c4ccc(C#Cc5nc6ccc(C=C(C#N)C#N)cc6s5)cc4)cc3)sc2c1. The van der Waals surface area contributed by atoms with Crippen LogP contribution >= 0.6 is 34.0 Å². The molecule has 3 aromatic heterocycles. The van der Waals surface area contributed by atoms with Gasteiger partial charge in [-0.1, -0.05) is 36.0 Å². The summed E-state index contributed by atoms with van der Waals surface area (Å²) in [5.41, 5.74) is 9.70. The maximum atomic E-state index is 9.16. The Hall–Kier alpha value is -10.4. The predicted molar refractivity (Wildman–Crippen MR) is 276 cm³/mol. The van der Waals surface area contributed by atoms with Gasteiger partial charge in [-0.3, -0.25) is 0 Å². The van der Waals surface area contributed by atoms with Crippen LogP contribution in [-0.4, -0.2) is 15.0 Å². The summed E-state index contributed by atoms with van der Waals surface area (Å²) in [5, 5.41) is 56.9. The van der Waals surface area contributed by atoms with E-state index >= 15 is 0 Å². The monoisotopic (exact) mass is 944 g/mol. The van der Waals surface area contributed by atoms with Gasteiger partial charge in [0.05, 0.1) is 30.6 Å². The summed E-state index contributed by atoms with van der Waals surface area (Å²) in [6, 6.07) is 51.9. The van der Waals surface area contributed by atoms with Gasteiger partial charge in [0, 0.05) is 33.8 Å². The van der Waals surface area contributed by atoms with Gasteiger partial charge in [0.15, 0.2) is 15.0 Å². The summed E-state index contributed by atoms with van der Waals surface area (Å²) >= 11 is 4.31. The highest BCUT2D eigenvalue weighted by molar-refractivity contribution is 7.19. The van der Waals surface area contributed by atoms with Crippen molar-refractivity contribution in [2.45, 2.75) is 0 Å². The number of benzene rings is 6. The van der Waals surface area contributed by atoms with Crippen molar-refractivity contribution in [2.24, 2.45) is 0 Å². The molecule has 0 atom stereocenters. The smallest absolute Gasteiger partial charge is 0.168 e. The fourth-order valence-corrected chi connectivity index (χ4v) is 9.53. The van der Waals surface area contributed by atoms with E-state index < -0.39 is 0 Å². The maximum Gasteiger partial charge on any atom is 0.168 e. The largest absolute Gasteiger partial charge is 0.311 e. The van der Waals surface area contributed by atoms with Gasteiger partial charge in [-0.05, 0) is 162 Å². The first-order chi connectivity index (χ1) is 34.3. The van der Waals surface area contributed by atoms with E-state index in [1.54, 1.807) is 18.2 Å². The minimum absolute atomic E-state index is 0.0277. The summed E-state index contributed by atoms with van der Waals surface area (Å²) in [6.07, 6.45) is 4.64. The van der Waals surface area contributed by atoms with Crippen LogP contribution in [0.3, 0.4) is 0 Å². The molecule has 0 spiro atoms. The molecule has 13 heteroatoms. The Labute approximate surface area is 413 Å². The number of nitrogens with zero attached hydrogens (tertiary/aromatic N) is 10. The van der Waals surface area contributed by atoms with Gasteiger partial charge in [0.2, 0.25) is 0 Å². The van der Waals surface area contributed by atoms with Gasteiger partial charge in [-0.15, -0.1) is 34.0 Å². The fourth-order valence-electron chi connectivity index (χ4n) is 6.93. The van der Waals surface area contributed by atoms with Crippen LogP contribution in [0.25, 0.3) is 48.9 Å². The van der Waals surface area contributed by atoms with E-state index in [0.717, 1.165) is 81.1 Å². The molecule has 0 saturated carbocycles. The molecule has 0 fully saturated rings. The van der Waals surface area contributed by atoms with Crippen molar-refractivity contribution in [2.75, 3.05) is 4.90 Å². The lowest BCUT2D eigenvalue weighted by Gasteiger charge is -2.25. The lowest BCUT2D eigenvalue weighted by Crippen LogP contribution is -2.09. The first kappa shape index (κ1) is 44.8. The molecule has 0 aliphatic heterocycles. The Morgan fingerprint density at radius 2 is 0.629 bits per heavy atom. The quantitative estimate of drug-likeness (QED) is 0.115. The lowest BCUT2D eigenvalue weighted by atomic mass is 10.1. The molecule has 0 bridgehead atoms. The molecule has 0 N–H and O–H groups in total. The molecule has 0 saturated heterocycles. The van der Waals surface area contributed by atoms with Gasteiger partial charge >= 0.3 is 0 Å². The third-order valence-electron chi connectivity index (χ3n) is 10.2. The summed E-state index contributed by atoms with van der Waals surface area (Å²) in [7, 11) is 0. The highest BCUT2D eigenvalue weighted by Crippen LogP contribution is 2.35. The van der Waals surface area contributed by atoms with E-state index in [0.29, 0.717) is 15.0 Å². The van der Waals surface area contributed by atoms with Crippen LogP contribution in [-0.2, 0) is 0 Å². The molecule has 0 aliphatic carbocycles. The molecule has 320 valence electrons. The van der Waals surface area contributed by atoms with Crippen LogP contribution in [0.4, 0.5) is 17.1 Å². The second-order valence-electron chi connectivity index (χ2n) is 14.8. The van der Waals surface area contributed by atoms with E-state index in [1.165, 1.54) is 34.0 Å². The van der Waals surface area contributed by atoms with Crippen molar-refractivity contribution in [3.05, 3.63) is 193 Å². The van der Waals surface area contributed by atoms with Crippen LogP contribution in [0, 0.1) is 104 Å². The Morgan fingerprint density at radius 3 is 0.886 bits per heavy atom. The highest BCUT2D eigenvalue weighted by atomic mass is 32.1. The van der Waals surface area contributed by atoms with Crippen LogP contribution in [0.2, 0.25) is 0 Å². The summed E-state index contributed by atoms with van der Waals surface area (Å²) in [4.78, 5) is 16.1. The molecule has 6 aromatic carbocycles. The number of allylic oxidation sites excluding steroid dienone is 3. The van der Waals surface area contributed by atoms with Gasteiger partial charge in [0.1, 0.15) is 53.1 Å². The molecule has 0 unspecified atom stereocenters. The van der Waals surface area contributed by atoms with Crippen molar-refractivity contribution in [3.8, 4) is 71.9 Å². The lowest BCUT2D eigenvalue weighted by molar-refractivity contribution is 1.28. The van der Waals surface area contributed by atoms with Crippen LogP contribution in [0.15, 0.2) is 144 Å². The molecular weight excluding hydrogens is 921 g/mol. The molecule has 9 aromatic rings. The first-order valence-electron chi connectivity index (χ1n) is 20.7. The molecule has 0 amide bonds. The fraction of sp³-hybridized carbons (Fsp3) is 0. The van der Waals surface area contributed by atoms with Crippen molar-refractivity contribution in [1.82, 2.24) is 15.0 Å². The zero-order valence-electron chi connectivity index (χ0n) is 36.1. The number of hydrogen-bond donors (Lipinski definition) is 0. The number of hydrogen-bond acceptors (Lipinski definition) is 13. The number of anilines is 3. The van der Waals surface area contributed by atoms with E-state index in [2.05, 4.69) is 55.4 Å². The number of rotatable bonds is 6. The maximum absolute atomic E-state index is 9.16. The third-order valence-corrected chi connectivity index (χ3v) is 13.0. The molecule has 3 heterocycles. The average Bonchev–Trinajstić information content (AvgIpc) is 4.14. The Bertz CT molecular complexity index is 3670. The number of fused-ring (bicyclic) bond motifs is 3. The molecule has 9 rings (SSSR count). The number of thiazole rings is 3. The summed E-state index contributed by atoms with van der Waals surface area (Å²) in [5.74, 6) is 19.3. The van der Waals surface area contributed by atoms with Gasteiger partial charge in [0.25, 0.3) is 0 Å². The van der Waals surface area contributed by atoms with E-state index in [-0.39, 0.29) is 16.7 Å². The van der Waals surface area contributed by atoms with Crippen molar-refractivity contribution >= 4 is 100.0 Å². The van der Waals surface area contributed by atoms with Crippen LogP contribution in [0.5, 0.6) is 0 Å². The summed E-state index contributed by atoms with van der Waals surface area (Å²) in [6.45, 7) is 0.